The highest BCUT2D eigenvalue weighted by Crippen LogP contribution is 2.41. The van der Waals surface area contributed by atoms with Crippen LogP contribution >= 0.6 is 51.5 Å². The zero-order chi connectivity index (χ0) is 26.5. The van der Waals surface area contributed by atoms with Crippen molar-refractivity contribution in [3.8, 4) is 11.5 Å². The average Bonchev–Trinajstić information content (AvgIpc) is 3.17. The topological polar surface area (TPSA) is 65.1 Å². The SMILES string of the molecule is COC(=O)C(c1ccccc1)N1C(=O)/C(=C/c2cc(Br)c(OCc3ccccc3Cl)c(OC)c2)SC1=S. The van der Waals surface area contributed by atoms with Gasteiger partial charge in [-0.25, -0.2) is 4.79 Å². The Morgan fingerprint density at radius 3 is 2.51 bits per heavy atom. The molecule has 4 rings (SSSR count). The molecule has 3 aromatic rings. The van der Waals surface area contributed by atoms with Crippen molar-refractivity contribution in [3.63, 3.8) is 0 Å². The minimum atomic E-state index is -0.980. The lowest BCUT2D eigenvalue weighted by molar-refractivity contribution is -0.148. The van der Waals surface area contributed by atoms with E-state index in [-0.39, 0.29) is 16.8 Å². The number of amides is 1. The number of benzene rings is 3. The van der Waals surface area contributed by atoms with Gasteiger partial charge in [0.1, 0.15) is 10.9 Å². The number of hydrogen-bond acceptors (Lipinski definition) is 7. The molecule has 3 aromatic carbocycles. The maximum absolute atomic E-state index is 13.4. The van der Waals surface area contributed by atoms with Crippen LogP contribution in [0.4, 0.5) is 0 Å². The summed E-state index contributed by atoms with van der Waals surface area (Å²) in [7, 11) is 2.82. The third kappa shape index (κ3) is 6.01. The Labute approximate surface area is 237 Å². The number of rotatable bonds is 8. The Balaban J connectivity index is 1.61. The fourth-order valence-electron chi connectivity index (χ4n) is 3.72. The van der Waals surface area contributed by atoms with Gasteiger partial charge in [-0.15, -0.1) is 0 Å². The van der Waals surface area contributed by atoms with E-state index in [2.05, 4.69) is 15.9 Å². The van der Waals surface area contributed by atoms with Gasteiger partial charge in [-0.05, 0) is 51.3 Å². The molecule has 10 heteroatoms. The van der Waals surface area contributed by atoms with Gasteiger partial charge in [0.2, 0.25) is 0 Å². The number of carbonyl (C=O) groups is 2. The minimum Gasteiger partial charge on any atom is -0.493 e. The number of methoxy groups -OCH3 is 2. The monoisotopic (exact) mass is 617 g/mol. The Hall–Kier alpha value is -2.85. The Morgan fingerprint density at radius 2 is 1.84 bits per heavy atom. The van der Waals surface area contributed by atoms with Crippen molar-refractivity contribution in [1.29, 1.82) is 0 Å². The van der Waals surface area contributed by atoms with E-state index in [0.717, 1.165) is 17.3 Å². The van der Waals surface area contributed by atoms with Crippen LogP contribution in [0.1, 0.15) is 22.7 Å². The van der Waals surface area contributed by atoms with E-state index in [1.165, 1.54) is 19.1 Å². The number of thiocarbonyl (C=S) groups is 1. The van der Waals surface area contributed by atoms with Gasteiger partial charge in [0.15, 0.2) is 17.5 Å². The predicted octanol–water partition coefficient (Wildman–Crippen LogP) is 6.81. The maximum Gasteiger partial charge on any atom is 0.333 e. The number of carbonyl (C=O) groups excluding carboxylic acids is 2. The summed E-state index contributed by atoms with van der Waals surface area (Å²) >= 11 is 16.4. The van der Waals surface area contributed by atoms with E-state index in [1.807, 2.05) is 30.3 Å². The second kappa shape index (κ2) is 12.1. The molecular formula is C27H21BrClNO5S2. The predicted molar refractivity (Wildman–Crippen MR) is 153 cm³/mol. The van der Waals surface area contributed by atoms with Gasteiger partial charge in [-0.2, -0.15) is 0 Å². The standard InChI is InChI=1S/C27H21BrClNO5S2/c1-33-21-13-16(12-19(28)24(21)35-15-18-10-6-7-11-20(18)29)14-22-25(31)30(27(36)37-22)23(26(32)34-2)17-8-4-3-5-9-17/h3-14,23H,15H2,1-2H3/b22-14-. The number of thioether (sulfide) groups is 1. The summed E-state index contributed by atoms with van der Waals surface area (Å²) in [5.41, 5.74) is 2.13. The second-order valence-electron chi connectivity index (χ2n) is 7.80. The number of halogens is 2. The van der Waals surface area contributed by atoms with E-state index in [0.29, 0.717) is 37.0 Å². The van der Waals surface area contributed by atoms with Crippen LogP contribution in [0, 0.1) is 0 Å². The first-order chi connectivity index (χ1) is 17.8. The lowest BCUT2D eigenvalue weighted by Crippen LogP contribution is -2.37. The summed E-state index contributed by atoms with van der Waals surface area (Å²) in [6, 6.07) is 18.9. The molecule has 1 amide bonds. The smallest absolute Gasteiger partial charge is 0.333 e. The largest absolute Gasteiger partial charge is 0.493 e. The first-order valence-electron chi connectivity index (χ1n) is 11.0. The van der Waals surface area contributed by atoms with E-state index < -0.39 is 12.0 Å². The summed E-state index contributed by atoms with van der Waals surface area (Å²) < 4.78 is 17.4. The van der Waals surface area contributed by atoms with Crippen molar-refractivity contribution >= 4 is 73.8 Å². The fraction of sp³-hybridized carbons (Fsp3) is 0.148. The van der Waals surface area contributed by atoms with Crippen LogP contribution in [0.15, 0.2) is 76.1 Å². The van der Waals surface area contributed by atoms with Gasteiger partial charge in [0.05, 0.1) is 23.6 Å². The second-order valence-corrected chi connectivity index (χ2v) is 10.7. The molecule has 1 saturated heterocycles. The number of esters is 1. The summed E-state index contributed by atoms with van der Waals surface area (Å²) in [6.07, 6.45) is 1.70. The van der Waals surface area contributed by atoms with E-state index in [9.17, 15) is 9.59 Å². The highest BCUT2D eigenvalue weighted by Gasteiger charge is 2.41. The minimum absolute atomic E-state index is 0.251. The molecule has 190 valence electrons. The fourth-order valence-corrected chi connectivity index (χ4v) is 5.80. The molecule has 0 radical (unpaired) electrons. The summed E-state index contributed by atoms with van der Waals surface area (Å²) in [6.45, 7) is 0.251. The van der Waals surface area contributed by atoms with E-state index in [1.54, 1.807) is 42.5 Å². The normalized spacial score (nSPS) is 15.1. The van der Waals surface area contributed by atoms with Crippen molar-refractivity contribution < 1.29 is 23.8 Å². The van der Waals surface area contributed by atoms with Crippen molar-refractivity contribution in [1.82, 2.24) is 4.90 Å². The Bertz CT molecular complexity index is 1380. The van der Waals surface area contributed by atoms with Gasteiger partial charge in [0, 0.05) is 10.6 Å². The highest BCUT2D eigenvalue weighted by molar-refractivity contribution is 9.10. The molecule has 0 saturated carbocycles. The van der Waals surface area contributed by atoms with Crippen LogP contribution in [-0.2, 0) is 20.9 Å². The summed E-state index contributed by atoms with van der Waals surface area (Å²) in [4.78, 5) is 27.7. The van der Waals surface area contributed by atoms with Gasteiger partial charge >= 0.3 is 5.97 Å². The summed E-state index contributed by atoms with van der Waals surface area (Å²) in [5.74, 6) is 0.0124. The Kier molecular flexibility index (Phi) is 8.91. The van der Waals surface area contributed by atoms with Gasteiger partial charge in [-0.1, -0.05) is 84.1 Å². The third-order valence-electron chi connectivity index (χ3n) is 5.50. The quantitative estimate of drug-likeness (QED) is 0.156. The first-order valence-corrected chi connectivity index (χ1v) is 13.4. The molecule has 1 fully saturated rings. The average molecular weight is 619 g/mol. The van der Waals surface area contributed by atoms with Crippen molar-refractivity contribution in [2.75, 3.05) is 14.2 Å². The van der Waals surface area contributed by atoms with Crippen LogP contribution in [0.2, 0.25) is 5.02 Å². The summed E-state index contributed by atoms with van der Waals surface area (Å²) in [5, 5.41) is 0.608. The molecule has 0 aromatic heterocycles. The molecule has 0 spiro atoms. The Morgan fingerprint density at radius 1 is 1.14 bits per heavy atom. The molecule has 0 N–H and O–H groups in total. The molecule has 0 aliphatic carbocycles. The van der Waals surface area contributed by atoms with Crippen molar-refractivity contribution in [3.05, 3.63) is 97.8 Å². The molecule has 1 atom stereocenters. The van der Waals surface area contributed by atoms with Gasteiger partial charge < -0.3 is 14.2 Å². The van der Waals surface area contributed by atoms with Crippen LogP contribution in [0.5, 0.6) is 11.5 Å². The highest BCUT2D eigenvalue weighted by atomic mass is 79.9. The van der Waals surface area contributed by atoms with Gasteiger partial charge in [-0.3, -0.25) is 9.69 Å². The number of nitrogens with zero attached hydrogens (tertiary/aromatic N) is 1. The molecular weight excluding hydrogens is 598 g/mol. The molecule has 1 heterocycles. The van der Waals surface area contributed by atoms with E-state index in [4.69, 9.17) is 38.0 Å². The lowest BCUT2D eigenvalue weighted by atomic mass is 10.1. The molecule has 1 unspecified atom stereocenters. The van der Waals surface area contributed by atoms with Gasteiger partial charge in [0.25, 0.3) is 5.91 Å². The molecule has 1 aliphatic rings. The molecule has 1 aliphatic heterocycles. The lowest BCUT2D eigenvalue weighted by Gasteiger charge is -2.24. The zero-order valence-corrected chi connectivity index (χ0v) is 23.7. The van der Waals surface area contributed by atoms with Crippen LogP contribution in [0.25, 0.3) is 6.08 Å². The van der Waals surface area contributed by atoms with Crippen LogP contribution in [0.3, 0.4) is 0 Å². The number of ether oxygens (including phenoxy) is 3. The number of hydrogen-bond donors (Lipinski definition) is 0. The van der Waals surface area contributed by atoms with Crippen LogP contribution in [-0.4, -0.2) is 35.3 Å². The first kappa shape index (κ1) is 27.2. The maximum atomic E-state index is 13.4. The van der Waals surface area contributed by atoms with Crippen molar-refractivity contribution in [2.45, 2.75) is 12.6 Å². The van der Waals surface area contributed by atoms with E-state index >= 15 is 0 Å². The molecule has 37 heavy (non-hydrogen) atoms. The van der Waals surface area contributed by atoms with Crippen LogP contribution < -0.4 is 9.47 Å². The van der Waals surface area contributed by atoms with Crippen molar-refractivity contribution in [2.24, 2.45) is 0 Å². The molecule has 6 nitrogen and oxygen atoms in total. The third-order valence-corrected chi connectivity index (χ3v) is 7.79. The molecule has 0 bridgehead atoms. The zero-order valence-electron chi connectivity index (χ0n) is 19.8.